The Labute approximate surface area is 105 Å². The zero-order valence-electron chi connectivity index (χ0n) is 10.8. The molecule has 0 aliphatic heterocycles. The zero-order valence-corrected chi connectivity index (χ0v) is 10.8. The Kier molecular flexibility index (Phi) is 3.88. The topological polar surface area (TPSA) is 86.7 Å². The van der Waals surface area contributed by atoms with Crippen molar-refractivity contribution in [2.45, 2.75) is 20.3 Å². The minimum absolute atomic E-state index is 0.442. The SMILES string of the molecule is COC(=O)[C@@H]1C(=O)CC(=O)[C@@H](C(=O)OC)C1(C)C. The second-order valence-electron chi connectivity index (χ2n) is 4.84. The fourth-order valence-corrected chi connectivity index (χ4v) is 2.48. The van der Waals surface area contributed by atoms with E-state index in [-0.39, 0.29) is 0 Å². The second kappa shape index (κ2) is 4.88. The van der Waals surface area contributed by atoms with E-state index in [0.717, 1.165) is 14.2 Å². The number of ketones is 2. The molecule has 1 saturated carbocycles. The van der Waals surface area contributed by atoms with Gasteiger partial charge in [0.2, 0.25) is 0 Å². The summed E-state index contributed by atoms with van der Waals surface area (Å²) >= 11 is 0. The minimum Gasteiger partial charge on any atom is -0.468 e. The standard InChI is InChI=1S/C12H16O6/c1-12(2)8(10(15)17-3)6(13)5-7(14)9(12)11(16)18-4/h8-9H,5H2,1-4H3/t8-,9-/m0/s1. The van der Waals surface area contributed by atoms with E-state index in [2.05, 4.69) is 9.47 Å². The van der Waals surface area contributed by atoms with Gasteiger partial charge in [0.1, 0.15) is 11.8 Å². The number of carbonyl (C=O) groups excluding carboxylic acids is 4. The number of rotatable bonds is 2. The molecule has 0 spiro atoms. The van der Waals surface area contributed by atoms with Crippen LogP contribution >= 0.6 is 0 Å². The molecule has 1 aliphatic carbocycles. The van der Waals surface area contributed by atoms with Crippen LogP contribution in [0.3, 0.4) is 0 Å². The van der Waals surface area contributed by atoms with Crippen molar-refractivity contribution in [2.75, 3.05) is 14.2 Å². The van der Waals surface area contributed by atoms with Crippen molar-refractivity contribution in [3.8, 4) is 0 Å². The smallest absolute Gasteiger partial charge is 0.316 e. The maximum atomic E-state index is 11.8. The van der Waals surface area contributed by atoms with Gasteiger partial charge in [-0.1, -0.05) is 13.8 Å². The molecule has 1 rings (SSSR count). The highest BCUT2D eigenvalue weighted by atomic mass is 16.5. The van der Waals surface area contributed by atoms with Crippen molar-refractivity contribution in [3.05, 3.63) is 0 Å². The molecule has 0 bridgehead atoms. The molecular formula is C12H16O6. The molecule has 0 aromatic rings. The summed E-state index contributed by atoms with van der Waals surface area (Å²) < 4.78 is 9.14. The number of hydrogen-bond acceptors (Lipinski definition) is 6. The molecule has 100 valence electrons. The zero-order chi connectivity index (χ0) is 14.1. The first kappa shape index (κ1) is 14.3. The molecule has 2 atom stereocenters. The minimum atomic E-state index is -1.15. The van der Waals surface area contributed by atoms with Crippen molar-refractivity contribution >= 4 is 23.5 Å². The molecule has 0 N–H and O–H groups in total. The van der Waals surface area contributed by atoms with Gasteiger partial charge in [0, 0.05) is 5.41 Å². The van der Waals surface area contributed by atoms with Crippen LogP contribution in [-0.4, -0.2) is 37.7 Å². The summed E-state index contributed by atoms with van der Waals surface area (Å²) in [6, 6.07) is 0. The monoisotopic (exact) mass is 256 g/mol. The van der Waals surface area contributed by atoms with Crippen molar-refractivity contribution in [2.24, 2.45) is 17.3 Å². The average molecular weight is 256 g/mol. The Morgan fingerprint density at radius 1 is 1.00 bits per heavy atom. The van der Waals surface area contributed by atoms with Crippen LogP contribution in [0.4, 0.5) is 0 Å². The molecule has 0 aromatic carbocycles. The predicted molar refractivity (Wildman–Crippen MR) is 59.4 cm³/mol. The normalized spacial score (nSPS) is 26.7. The molecule has 0 radical (unpaired) electrons. The molecule has 0 amide bonds. The number of carbonyl (C=O) groups is 4. The van der Waals surface area contributed by atoms with Crippen LogP contribution in [0, 0.1) is 17.3 Å². The molecular weight excluding hydrogens is 240 g/mol. The Bertz CT molecular complexity index is 373. The first-order valence-electron chi connectivity index (χ1n) is 5.48. The highest BCUT2D eigenvalue weighted by Crippen LogP contribution is 2.42. The number of ether oxygens (including phenoxy) is 2. The third-order valence-electron chi connectivity index (χ3n) is 3.35. The number of hydrogen-bond donors (Lipinski definition) is 0. The molecule has 1 aliphatic rings. The van der Waals surface area contributed by atoms with Gasteiger partial charge >= 0.3 is 11.9 Å². The summed E-state index contributed by atoms with van der Waals surface area (Å²) in [7, 11) is 2.32. The van der Waals surface area contributed by atoms with Crippen LogP contribution in [0.25, 0.3) is 0 Å². The maximum absolute atomic E-state index is 11.8. The van der Waals surface area contributed by atoms with E-state index in [1.165, 1.54) is 13.8 Å². The van der Waals surface area contributed by atoms with Gasteiger partial charge in [-0.2, -0.15) is 0 Å². The van der Waals surface area contributed by atoms with E-state index in [1.807, 2.05) is 0 Å². The van der Waals surface area contributed by atoms with Gasteiger partial charge in [-0.05, 0) is 0 Å². The van der Waals surface area contributed by atoms with Crippen LogP contribution in [0.5, 0.6) is 0 Å². The first-order chi connectivity index (χ1) is 8.27. The van der Waals surface area contributed by atoms with Crippen molar-refractivity contribution in [1.82, 2.24) is 0 Å². The van der Waals surface area contributed by atoms with E-state index in [4.69, 9.17) is 0 Å². The van der Waals surface area contributed by atoms with Crippen LogP contribution in [0.15, 0.2) is 0 Å². The van der Waals surface area contributed by atoms with Gasteiger partial charge < -0.3 is 9.47 Å². The molecule has 1 fully saturated rings. The van der Waals surface area contributed by atoms with Crippen LogP contribution in [0.2, 0.25) is 0 Å². The van der Waals surface area contributed by atoms with E-state index in [9.17, 15) is 19.2 Å². The molecule has 0 saturated heterocycles. The lowest BCUT2D eigenvalue weighted by Gasteiger charge is -2.39. The molecule has 18 heavy (non-hydrogen) atoms. The molecule has 6 heteroatoms. The van der Waals surface area contributed by atoms with Gasteiger partial charge in [0.15, 0.2) is 11.6 Å². The summed E-state index contributed by atoms with van der Waals surface area (Å²) in [6.45, 7) is 3.04. The first-order valence-corrected chi connectivity index (χ1v) is 5.48. The lowest BCUT2D eigenvalue weighted by Crippen LogP contribution is -2.53. The Hall–Kier alpha value is -1.72. The average Bonchev–Trinajstić information content (AvgIpc) is 2.26. The van der Waals surface area contributed by atoms with E-state index in [1.54, 1.807) is 0 Å². The van der Waals surface area contributed by atoms with E-state index < -0.39 is 47.2 Å². The fourth-order valence-electron chi connectivity index (χ4n) is 2.48. The Balaban J connectivity index is 3.22. The third-order valence-corrected chi connectivity index (χ3v) is 3.35. The summed E-state index contributed by atoms with van der Waals surface area (Å²) in [5, 5.41) is 0. The lowest BCUT2D eigenvalue weighted by atomic mass is 9.61. The van der Waals surface area contributed by atoms with Gasteiger partial charge in [-0.25, -0.2) is 0 Å². The quantitative estimate of drug-likeness (QED) is 0.515. The summed E-state index contributed by atoms with van der Waals surface area (Å²) in [5.41, 5.74) is -1.15. The highest BCUT2D eigenvalue weighted by Gasteiger charge is 2.56. The van der Waals surface area contributed by atoms with Gasteiger partial charge in [-0.3, -0.25) is 19.2 Å². The Morgan fingerprint density at radius 2 is 1.33 bits per heavy atom. The number of Topliss-reactive ketones (excluding diaryl/α,β-unsaturated/α-hetero) is 2. The summed E-state index contributed by atoms with van der Waals surface area (Å²) in [6.07, 6.45) is -0.442. The van der Waals surface area contributed by atoms with E-state index in [0.29, 0.717) is 0 Å². The van der Waals surface area contributed by atoms with Gasteiger partial charge in [-0.15, -0.1) is 0 Å². The number of methoxy groups -OCH3 is 2. The highest BCUT2D eigenvalue weighted by molar-refractivity contribution is 6.16. The largest absolute Gasteiger partial charge is 0.468 e. The van der Waals surface area contributed by atoms with Crippen LogP contribution < -0.4 is 0 Å². The summed E-state index contributed by atoms with van der Waals surface area (Å²) in [4.78, 5) is 46.9. The van der Waals surface area contributed by atoms with Gasteiger partial charge in [0.05, 0.1) is 20.6 Å². The maximum Gasteiger partial charge on any atom is 0.316 e. The van der Waals surface area contributed by atoms with Crippen molar-refractivity contribution < 1.29 is 28.7 Å². The van der Waals surface area contributed by atoms with E-state index >= 15 is 0 Å². The Morgan fingerprint density at radius 3 is 1.61 bits per heavy atom. The van der Waals surface area contributed by atoms with Crippen LogP contribution in [-0.2, 0) is 28.7 Å². The molecule has 0 heterocycles. The molecule has 6 nitrogen and oxygen atoms in total. The lowest BCUT2D eigenvalue weighted by molar-refractivity contribution is -0.168. The fraction of sp³-hybridized carbons (Fsp3) is 0.667. The second-order valence-corrected chi connectivity index (χ2v) is 4.84. The molecule has 0 aromatic heterocycles. The van der Waals surface area contributed by atoms with Crippen LogP contribution in [0.1, 0.15) is 20.3 Å². The number of esters is 2. The van der Waals surface area contributed by atoms with Crippen molar-refractivity contribution in [3.63, 3.8) is 0 Å². The molecule has 0 unspecified atom stereocenters. The predicted octanol–water partition coefficient (Wildman–Crippen LogP) is 0.133. The summed E-state index contributed by atoms with van der Waals surface area (Å²) in [5.74, 6) is -4.74. The van der Waals surface area contributed by atoms with Gasteiger partial charge in [0.25, 0.3) is 0 Å². The van der Waals surface area contributed by atoms with Crippen molar-refractivity contribution in [1.29, 1.82) is 0 Å². The third kappa shape index (κ3) is 2.14.